The molecule has 0 atom stereocenters. The van der Waals surface area contributed by atoms with E-state index in [-0.39, 0.29) is 10.6 Å². The van der Waals surface area contributed by atoms with E-state index in [1.165, 1.54) is 38.1 Å². The Morgan fingerprint density at radius 2 is 2.05 bits per heavy atom. The summed E-state index contributed by atoms with van der Waals surface area (Å²) >= 11 is 5.78. The van der Waals surface area contributed by atoms with Crippen molar-refractivity contribution in [1.82, 2.24) is 5.32 Å². The predicted octanol–water partition coefficient (Wildman–Crippen LogP) is 2.47. The number of nitrogens with one attached hydrogen (secondary N) is 1. The Morgan fingerprint density at radius 3 is 2.58 bits per heavy atom. The molecule has 2 N–H and O–H groups in total. The molecule has 4 nitrogen and oxygen atoms in total. The molecular weight excluding hydrogens is 273 g/mol. The molecule has 0 aromatic heterocycles. The molecule has 0 fully saturated rings. The van der Waals surface area contributed by atoms with Gasteiger partial charge in [-0.05, 0) is 32.1 Å². The minimum atomic E-state index is -1.40. The average molecular weight is 286 g/mol. The van der Waals surface area contributed by atoms with E-state index in [0.29, 0.717) is 0 Å². The highest BCUT2D eigenvalue weighted by molar-refractivity contribution is 6.32. The first-order valence-electron chi connectivity index (χ1n) is 5.41. The zero-order valence-corrected chi connectivity index (χ0v) is 11.2. The second kappa shape index (κ2) is 5.84. The fourth-order valence-corrected chi connectivity index (χ4v) is 1.46. The van der Waals surface area contributed by atoms with Gasteiger partial charge in [-0.2, -0.15) is 0 Å². The largest absolute Gasteiger partial charge is 0.480 e. The maximum absolute atomic E-state index is 13.4. The van der Waals surface area contributed by atoms with Gasteiger partial charge in [0.1, 0.15) is 11.4 Å². The summed E-state index contributed by atoms with van der Waals surface area (Å²) in [6.45, 7) is 2.69. The van der Waals surface area contributed by atoms with E-state index in [2.05, 4.69) is 5.32 Å². The van der Waals surface area contributed by atoms with Crippen LogP contribution in [-0.2, 0) is 9.59 Å². The molecule has 0 heterocycles. The lowest BCUT2D eigenvalue weighted by Crippen LogP contribution is -2.49. The third kappa shape index (κ3) is 4.06. The standard InChI is InChI=1S/C13H13ClFNO3/c1-13(2,12(18)19)16-11(17)7-6-8-9(14)4-3-5-10(8)15/h3-7H,1-2H3,(H,16,17)(H,18,19)/b7-6+. The molecular formula is C13H13ClFNO3. The van der Waals surface area contributed by atoms with Gasteiger partial charge >= 0.3 is 5.97 Å². The third-order valence-corrected chi connectivity index (χ3v) is 2.70. The SMILES string of the molecule is CC(C)(NC(=O)/C=C/c1c(F)cccc1Cl)C(=O)O. The molecule has 0 aliphatic rings. The smallest absolute Gasteiger partial charge is 0.328 e. The molecule has 0 radical (unpaired) electrons. The molecule has 0 bridgehead atoms. The molecule has 0 aliphatic carbocycles. The number of halogens is 2. The number of carboxylic acid groups (broad SMARTS) is 1. The summed E-state index contributed by atoms with van der Waals surface area (Å²) < 4.78 is 13.4. The topological polar surface area (TPSA) is 66.4 Å². The number of aliphatic carboxylic acids is 1. The van der Waals surface area contributed by atoms with E-state index in [0.717, 1.165) is 6.08 Å². The van der Waals surface area contributed by atoms with Gasteiger partial charge in [-0.1, -0.05) is 17.7 Å². The Bertz CT molecular complexity index is 520. The minimum absolute atomic E-state index is 0.0763. The molecule has 0 aliphatic heterocycles. The molecule has 1 aromatic carbocycles. The van der Waals surface area contributed by atoms with E-state index in [1.54, 1.807) is 0 Å². The van der Waals surface area contributed by atoms with Crippen LogP contribution in [0.15, 0.2) is 24.3 Å². The second-order valence-electron chi connectivity index (χ2n) is 4.39. The fourth-order valence-electron chi connectivity index (χ4n) is 1.23. The van der Waals surface area contributed by atoms with Crippen molar-refractivity contribution < 1.29 is 19.1 Å². The highest BCUT2D eigenvalue weighted by Crippen LogP contribution is 2.20. The number of benzene rings is 1. The van der Waals surface area contributed by atoms with Crippen LogP contribution in [-0.4, -0.2) is 22.5 Å². The third-order valence-electron chi connectivity index (χ3n) is 2.37. The Balaban J connectivity index is 2.83. The van der Waals surface area contributed by atoms with Crippen LogP contribution < -0.4 is 5.32 Å². The molecule has 6 heteroatoms. The summed E-state index contributed by atoms with van der Waals surface area (Å²) in [4.78, 5) is 22.4. The first kappa shape index (κ1) is 15.2. The summed E-state index contributed by atoms with van der Waals surface area (Å²) in [5, 5.41) is 11.3. The number of hydrogen-bond donors (Lipinski definition) is 2. The van der Waals surface area contributed by atoms with Crippen LogP contribution in [0.5, 0.6) is 0 Å². The predicted molar refractivity (Wildman–Crippen MR) is 70.3 cm³/mol. The van der Waals surface area contributed by atoms with E-state index in [1.807, 2.05) is 0 Å². The normalized spacial score (nSPS) is 11.6. The van der Waals surface area contributed by atoms with Crippen molar-refractivity contribution in [3.05, 3.63) is 40.7 Å². The summed E-state index contributed by atoms with van der Waals surface area (Å²) in [5.41, 5.74) is -1.33. The molecule has 0 unspecified atom stereocenters. The van der Waals surface area contributed by atoms with Crippen LogP contribution in [0.25, 0.3) is 6.08 Å². The summed E-state index contributed by atoms with van der Waals surface area (Å²) in [7, 11) is 0. The molecule has 1 amide bonds. The molecule has 102 valence electrons. The molecule has 0 spiro atoms. The van der Waals surface area contributed by atoms with Crippen molar-refractivity contribution in [2.75, 3.05) is 0 Å². The number of carbonyl (C=O) groups is 2. The van der Waals surface area contributed by atoms with Crippen LogP contribution in [0.1, 0.15) is 19.4 Å². The van der Waals surface area contributed by atoms with Gasteiger partial charge in [0, 0.05) is 11.6 Å². The van der Waals surface area contributed by atoms with Crippen molar-refractivity contribution in [2.45, 2.75) is 19.4 Å². The van der Waals surface area contributed by atoms with Crippen LogP contribution in [0.4, 0.5) is 4.39 Å². The van der Waals surface area contributed by atoms with Gasteiger partial charge in [0.15, 0.2) is 0 Å². The highest BCUT2D eigenvalue weighted by Gasteiger charge is 2.27. The maximum Gasteiger partial charge on any atom is 0.328 e. The zero-order chi connectivity index (χ0) is 14.6. The fraction of sp³-hybridized carbons (Fsp3) is 0.231. The Morgan fingerprint density at radius 1 is 1.42 bits per heavy atom. The van der Waals surface area contributed by atoms with Gasteiger partial charge in [-0.15, -0.1) is 0 Å². The van der Waals surface area contributed by atoms with Crippen LogP contribution >= 0.6 is 11.6 Å². The number of carbonyl (C=O) groups excluding carboxylic acids is 1. The summed E-state index contributed by atoms with van der Waals surface area (Å²) in [5.74, 6) is -2.38. The van der Waals surface area contributed by atoms with Gasteiger partial charge in [0.25, 0.3) is 0 Å². The molecule has 0 saturated carbocycles. The molecule has 0 saturated heterocycles. The van der Waals surface area contributed by atoms with Gasteiger partial charge in [0.05, 0.1) is 5.02 Å². The van der Waals surface area contributed by atoms with Crippen molar-refractivity contribution in [3.63, 3.8) is 0 Å². The van der Waals surface area contributed by atoms with Gasteiger partial charge < -0.3 is 10.4 Å². The van der Waals surface area contributed by atoms with Gasteiger partial charge in [0.2, 0.25) is 5.91 Å². The summed E-state index contributed by atoms with van der Waals surface area (Å²) in [6, 6.07) is 4.15. The Hall–Kier alpha value is -1.88. The lowest BCUT2D eigenvalue weighted by Gasteiger charge is -2.19. The summed E-state index contributed by atoms with van der Waals surface area (Å²) in [6.07, 6.45) is 2.24. The van der Waals surface area contributed by atoms with E-state index in [9.17, 15) is 14.0 Å². The number of amides is 1. The zero-order valence-electron chi connectivity index (χ0n) is 10.4. The quantitative estimate of drug-likeness (QED) is 0.835. The maximum atomic E-state index is 13.4. The Labute approximate surface area is 114 Å². The van der Waals surface area contributed by atoms with E-state index < -0.39 is 23.2 Å². The van der Waals surface area contributed by atoms with Crippen molar-refractivity contribution in [3.8, 4) is 0 Å². The molecule has 1 aromatic rings. The second-order valence-corrected chi connectivity index (χ2v) is 4.80. The number of rotatable bonds is 4. The molecule has 19 heavy (non-hydrogen) atoms. The van der Waals surface area contributed by atoms with Crippen LogP contribution in [0.3, 0.4) is 0 Å². The number of hydrogen-bond acceptors (Lipinski definition) is 2. The van der Waals surface area contributed by atoms with Crippen LogP contribution in [0.2, 0.25) is 5.02 Å². The Kier molecular flexibility index (Phi) is 4.67. The van der Waals surface area contributed by atoms with Crippen molar-refractivity contribution in [2.24, 2.45) is 0 Å². The van der Waals surface area contributed by atoms with Crippen LogP contribution in [0, 0.1) is 5.82 Å². The minimum Gasteiger partial charge on any atom is -0.480 e. The monoisotopic (exact) mass is 285 g/mol. The van der Waals surface area contributed by atoms with Gasteiger partial charge in [-0.25, -0.2) is 9.18 Å². The molecule has 1 rings (SSSR count). The number of carboxylic acids is 1. The van der Waals surface area contributed by atoms with Gasteiger partial charge in [-0.3, -0.25) is 4.79 Å². The lowest BCUT2D eigenvalue weighted by molar-refractivity contribution is -0.145. The first-order valence-corrected chi connectivity index (χ1v) is 5.79. The first-order chi connectivity index (χ1) is 8.74. The average Bonchev–Trinajstić information content (AvgIpc) is 2.27. The highest BCUT2D eigenvalue weighted by atomic mass is 35.5. The van der Waals surface area contributed by atoms with E-state index >= 15 is 0 Å². The van der Waals surface area contributed by atoms with Crippen molar-refractivity contribution in [1.29, 1.82) is 0 Å². The van der Waals surface area contributed by atoms with E-state index in [4.69, 9.17) is 16.7 Å². The lowest BCUT2D eigenvalue weighted by atomic mass is 10.1. The van der Waals surface area contributed by atoms with Crippen molar-refractivity contribution >= 4 is 29.6 Å².